The van der Waals surface area contributed by atoms with Crippen LogP contribution in [-0.4, -0.2) is 46.9 Å². The number of carbonyl (C=O) groups excluding carboxylic acids is 2. The molecule has 0 aliphatic carbocycles. The van der Waals surface area contributed by atoms with E-state index >= 15 is 0 Å². The lowest BCUT2D eigenvalue weighted by atomic mass is 9.76. The number of aliphatic carboxylic acids is 1. The number of rotatable bonds is 5. The van der Waals surface area contributed by atoms with Crippen LogP contribution in [0.3, 0.4) is 0 Å². The quantitative estimate of drug-likeness (QED) is 0.799. The van der Waals surface area contributed by atoms with Crippen molar-refractivity contribution in [1.29, 1.82) is 0 Å². The van der Waals surface area contributed by atoms with E-state index in [1.807, 2.05) is 13.8 Å². The van der Waals surface area contributed by atoms with Crippen molar-refractivity contribution in [3.63, 3.8) is 0 Å². The molecule has 6 nitrogen and oxygen atoms in total. The van der Waals surface area contributed by atoms with Crippen LogP contribution >= 0.6 is 0 Å². The first-order chi connectivity index (χ1) is 9.66. The van der Waals surface area contributed by atoms with Crippen LogP contribution in [0.15, 0.2) is 0 Å². The van der Waals surface area contributed by atoms with Crippen molar-refractivity contribution >= 4 is 17.8 Å². The maximum atomic E-state index is 12.3. The van der Waals surface area contributed by atoms with Gasteiger partial charge in [-0.25, -0.2) is 0 Å². The molecule has 2 amide bonds. The molecule has 0 spiro atoms. The third-order valence-corrected chi connectivity index (χ3v) is 4.54. The van der Waals surface area contributed by atoms with Crippen LogP contribution in [0.2, 0.25) is 0 Å². The van der Waals surface area contributed by atoms with Crippen molar-refractivity contribution in [1.82, 2.24) is 10.2 Å². The molecule has 1 unspecified atom stereocenters. The topological polar surface area (TPSA) is 86.7 Å². The second-order valence-electron chi connectivity index (χ2n) is 6.41. The highest BCUT2D eigenvalue weighted by Crippen LogP contribution is 2.32. The summed E-state index contributed by atoms with van der Waals surface area (Å²) in [5.74, 6) is -1.22. The van der Waals surface area contributed by atoms with Gasteiger partial charge in [-0.05, 0) is 25.7 Å². The Bertz CT molecular complexity index is 414. The Morgan fingerprint density at radius 2 is 1.81 bits per heavy atom. The van der Waals surface area contributed by atoms with Gasteiger partial charge in [0.2, 0.25) is 11.8 Å². The van der Waals surface area contributed by atoms with Gasteiger partial charge in [0.1, 0.15) is 0 Å². The van der Waals surface area contributed by atoms with Gasteiger partial charge in [-0.2, -0.15) is 0 Å². The molecule has 1 heterocycles. The molecule has 2 N–H and O–H groups in total. The second kappa shape index (κ2) is 6.91. The van der Waals surface area contributed by atoms with Gasteiger partial charge in [-0.3, -0.25) is 14.4 Å². The monoisotopic (exact) mass is 298 g/mol. The number of amides is 2. The summed E-state index contributed by atoms with van der Waals surface area (Å²) in [7, 11) is 0. The van der Waals surface area contributed by atoms with Crippen molar-refractivity contribution < 1.29 is 19.5 Å². The van der Waals surface area contributed by atoms with Crippen molar-refractivity contribution in [3.05, 3.63) is 0 Å². The maximum Gasteiger partial charge on any atom is 0.310 e. The molecular formula is C15H26N2O4. The smallest absolute Gasteiger partial charge is 0.310 e. The van der Waals surface area contributed by atoms with Crippen LogP contribution in [0.25, 0.3) is 0 Å². The number of likely N-dealkylation sites (tertiary alicyclic amines) is 1. The SMILES string of the molecule is CC(=O)NC1CCN(C(=O)CC(C)(C(=O)O)C(C)C)CC1. The molecule has 6 heteroatoms. The lowest BCUT2D eigenvalue weighted by Gasteiger charge is -2.35. The van der Waals surface area contributed by atoms with E-state index in [1.165, 1.54) is 6.92 Å². The number of carbonyl (C=O) groups is 3. The average molecular weight is 298 g/mol. The summed E-state index contributed by atoms with van der Waals surface area (Å²) >= 11 is 0. The largest absolute Gasteiger partial charge is 0.481 e. The normalized spacial score (nSPS) is 19.2. The lowest BCUT2D eigenvalue weighted by Crippen LogP contribution is -2.48. The van der Waals surface area contributed by atoms with E-state index in [0.29, 0.717) is 13.1 Å². The molecule has 21 heavy (non-hydrogen) atoms. The molecular weight excluding hydrogens is 272 g/mol. The summed E-state index contributed by atoms with van der Waals surface area (Å²) in [4.78, 5) is 36.5. The number of hydrogen-bond donors (Lipinski definition) is 2. The first-order valence-corrected chi connectivity index (χ1v) is 7.45. The predicted molar refractivity (Wildman–Crippen MR) is 78.6 cm³/mol. The second-order valence-corrected chi connectivity index (χ2v) is 6.41. The molecule has 0 aromatic heterocycles. The fraction of sp³-hybridized carbons (Fsp3) is 0.800. The molecule has 120 valence electrons. The summed E-state index contributed by atoms with van der Waals surface area (Å²) in [5, 5.41) is 12.2. The molecule has 1 rings (SSSR count). The Morgan fingerprint density at radius 3 is 2.19 bits per heavy atom. The molecule has 0 radical (unpaired) electrons. The molecule has 1 aliphatic heterocycles. The Kier molecular flexibility index (Phi) is 5.75. The highest BCUT2D eigenvalue weighted by molar-refractivity contribution is 5.85. The number of carboxylic acids is 1. The molecule has 0 saturated carbocycles. The first kappa shape index (κ1) is 17.5. The van der Waals surface area contributed by atoms with E-state index in [9.17, 15) is 19.5 Å². The number of nitrogens with one attached hydrogen (secondary N) is 1. The van der Waals surface area contributed by atoms with Gasteiger partial charge >= 0.3 is 5.97 Å². The highest BCUT2D eigenvalue weighted by atomic mass is 16.4. The molecule has 1 atom stereocenters. The fourth-order valence-corrected chi connectivity index (χ4v) is 2.51. The van der Waals surface area contributed by atoms with Crippen LogP contribution in [0.1, 0.15) is 47.0 Å². The van der Waals surface area contributed by atoms with Crippen LogP contribution in [0.5, 0.6) is 0 Å². The molecule has 1 saturated heterocycles. The Labute approximate surface area is 125 Å². The molecule has 0 bridgehead atoms. The Balaban J connectivity index is 2.58. The van der Waals surface area contributed by atoms with Crippen LogP contribution in [-0.2, 0) is 14.4 Å². The summed E-state index contributed by atoms with van der Waals surface area (Å²) < 4.78 is 0. The van der Waals surface area contributed by atoms with Gasteiger partial charge in [0.15, 0.2) is 0 Å². The molecule has 0 aromatic rings. The zero-order valence-electron chi connectivity index (χ0n) is 13.3. The van der Waals surface area contributed by atoms with Gasteiger partial charge in [0.05, 0.1) is 5.41 Å². The van der Waals surface area contributed by atoms with Crippen LogP contribution in [0.4, 0.5) is 0 Å². The van der Waals surface area contributed by atoms with Gasteiger partial charge in [-0.1, -0.05) is 13.8 Å². The standard InChI is InChI=1S/C15H26N2O4/c1-10(2)15(4,14(20)21)9-13(19)17-7-5-12(6-8-17)16-11(3)18/h10,12H,5-9H2,1-4H3,(H,16,18)(H,20,21). The van der Waals surface area contributed by atoms with E-state index in [-0.39, 0.29) is 30.2 Å². The highest BCUT2D eigenvalue weighted by Gasteiger charge is 2.40. The lowest BCUT2D eigenvalue weighted by molar-refractivity contribution is -0.155. The third kappa shape index (κ3) is 4.44. The van der Waals surface area contributed by atoms with E-state index in [0.717, 1.165) is 12.8 Å². The molecule has 0 aromatic carbocycles. The number of hydrogen-bond acceptors (Lipinski definition) is 3. The Morgan fingerprint density at radius 1 is 1.29 bits per heavy atom. The Hall–Kier alpha value is -1.59. The van der Waals surface area contributed by atoms with E-state index in [2.05, 4.69) is 5.32 Å². The van der Waals surface area contributed by atoms with Gasteiger partial charge in [0, 0.05) is 32.5 Å². The minimum Gasteiger partial charge on any atom is -0.481 e. The summed E-state index contributed by atoms with van der Waals surface area (Å²) in [5.41, 5.74) is -1.04. The first-order valence-electron chi connectivity index (χ1n) is 7.45. The summed E-state index contributed by atoms with van der Waals surface area (Å²) in [6, 6.07) is 0.113. The minimum absolute atomic E-state index is 0.0187. The van der Waals surface area contributed by atoms with Crippen molar-refractivity contribution in [2.24, 2.45) is 11.3 Å². The third-order valence-electron chi connectivity index (χ3n) is 4.54. The fourth-order valence-electron chi connectivity index (χ4n) is 2.51. The number of piperidine rings is 1. The minimum atomic E-state index is -1.04. The van der Waals surface area contributed by atoms with Crippen molar-refractivity contribution in [2.75, 3.05) is 13.1 Å². The van der Waals surface area contributed by atoms with Gasteiger partial charge in [0.25, 0.3) is 0 Å². The van der Waals surface area contributed by atoms with Crippen molar-refractivity contribution in [2.45, 2.75) is 53.0 Å². The predicted octanol–water partition coefficient (Wildman–Crippen LogP) is 1.25. The van der Waals surface area contributed by atoms with Crippen molar-refractivity contribution in [3.8, 4) is 0 Å². The zero-order chi connectivity index (χ0) is 16.2. The number of carboxylic acid groups (broad SMARTS) is 1. The molecule has 1 aliphatic rings. The van der Waals surface area contributed by atoms with E-state index < -0.39 is 11.4 Å². The number of nitrogens with zero attached hydrogens (tertiary/aromatic N) is 1. The summed E-state index contributed by atoms with van der Waals surface area (Å²) in [6.07, 6.45) is 1.46. The van der Waals surface area contributed by atoms with E-state index in [4.69, 9.17) is 0 Å². The molecule has 1 fully saturated rings. The maximum absolute atomic E-state index is 12.3. The van der Waals surface area contributed by atoms with Gasteiger partial charge in [-0.15, -0.1) is 0 Å². The average Bonchev–Trinajstić information content (AvgIpc) is 2.38. The summed E-state index contributed by atoms with van der Waals surface area (Å²) in [6.45, 7) is 7.89. The van der Waals surface area contributed by atoms with E-state index in [1.54, 1.807) is 11.8 Å². The van der Waals surface area contributed by atoms with Crippen LogP contribution < -0.4 is 5.32 Å². The van der Waals surface area contributed by atoms with Crippen LogP contribution in [0, 0.1) is 11.3 Å². The van der Waals surface area contributed by atoms with Gasteiger partial charge < -0.3 is 15.3 Å². The zero-order valence-corrected chi connectivity index (χ0v) is 13.3.